The van der Waals surface area contributed by atoms with Crippen LogP contribution in [0.3, 0.4) is 0 Å². The van der Waals surface area contributed by atoms with Crippen LogP contribution < -0.4 is 5.32 Å². The van der Waals surface area contributed by atoms with E-state index in [1.165, 1.54) is 0 Å². The van der Waals surface area contributed by atoms with Gasteiger partial charge in [-0.05, 0) is 25.7 Å². The lowest BCUT2D eigenvalue weighted by molar-refractivity contribution is -0.141. The molecule has 2 rings (SSSR count). The minimum absolute atomic E-state index is 0.123. The molecule has 1 saturated heterocycles. The van der Waals surface area contributed by atoms with E-state index < -0.39 is 17.8 Å². The number of imide groups is 2. The molecular weight excluding hydrogens is 220 g/mol. The molecule has 6 heteroatoms. The van der Waals surface area contributed by atoms with Gasteiger partial charge < -0.3 is 0 Å². The first-order valence-electron chi connectivity index (χ1n) is 4.92. The van der Waals surface area contributed by atoms with E-state index in [0.29, 0.717) is 12.8 Å². The maximum absolute atomic E-state index is 11.4. The Morgan fingerprint density at radius 1 is 1.13 bits per heavy atom. The van der Waals surface area contributed by atoms with Gasteiger partial charge in [-0.2, -0.15) is 0 Å². The molecule has 0 atom stereocenters. The summed E-state index contributed by atoms with van der Waals surface area (Å²) in [5, 5.41) is 2.11. The minimum atomic E-state index is -0.826. The average molecular weight is 231 g/mol. The van der Waals surface area contributed by atoms with Gasteiger partial charge in [0.15, 0.2) is 0 Å². The summed E-state index contributed by atoms with van der Waals surface area (Å²) in [6.45, 7) is 0. The molecule has 0 aromatic rings. The summed E-state index contributed by atoms with van der Waals surface area (Å²) >= 11 is 5.92. The zero-order valence-electron chi connectivity index (χ0n) is 8.03. The highest BCUT2D eigenvalue weighted by Crippen LogP contribution is 2.27. The zero-order valence-corrected chi connectivity index (χ0v) is 8.79. The Hall–Kier alpha value is -1.10. The van der Waals surface area contributed by atoms with Crippen LogP contribution in [0.5, 0.6) is 0 Å². The number of nitrogens with one attached hydrogen (secondary N) is 1. The number of hydrogen-bond donors (Lipinski definition) is 1. The molecule has 2 aliphatic rings. The highest BCUT2D eigenvalue weighted by atomic mass is 35.5. The van der Waals surface area contributed by atoms with Crippen molar-refractivity contribution in [2.45, 2.75) is 37.1 Å². The molecule has 0 bridgehead atoms. The largest absolute Gasteiger partial charge is 0.331 e. The molecule has 1 heterocycles. The number of amides is 4. The van der Waals surface area contributed by atoms with E-state index in [1.54, 1.807) is 0 Å². The fourth-order valence-electron chi connectivity index (χ4n) is 2.04. The Morgan fingerprint density at radius 3 is 2.20 bits per heavy atom. The first-order valence-corrected chi connectivity index (χ1v) is 5.36. The molecule has 0 spiro atoms. The van der Waals surface area contributed by atoms with Gasteiger partial charge in [-0.15, -0.1) is 11.6 Å². The summed E-state index contributed by atoms with van der Waals surface area (Å²) in [5.74, 6) is -1.56. The standard InChI is InChI=1S/C9H11ClN2O3/c10-5-1-3-6(4-2-5)12-8(14)7(13)11-9(12)15/h5-6H,1-4H2,(H,11,13,15). The number of hydrogen-bond acceptors (Lipinski definition) is 3. The predicted octanol–water partition coefficient (Wildman–Crippen LogP) is 0.615. The van der Waals surface area contributed by atoms with E-state index >= 15 is 0 Å². The van der Waals surface area contributed by atoms with E-state index in [2.05, 4.69) is 0 Å². The van der Waals surface area contributed by atoms with Crippen molar-refractivity contribution < 1.29 is 14.4 Å². The predicted molar refractivity (Wildman–Crippen MR) is 52.3 cm³/mol. The molecule has 1 saturated carbocycles. The molecule has 4 amide bonds. The number of nitrogens with zero attached hydrogens (tertiary/aromatic N) is 1. The summed E-state index contributed by atoms with van der Waals surface area (Å²) in [4.78, 5) is 34.7. The fraction of sp³-hybridized carbons (Fsp3) is 0.667. The second kappa shape index (κ2) is 3.81. The Kier molecular flexibility index (Phi) is 2.65. The van der Waals surface area contributed by atoms with E-state index in [9.17, 15) is 14.4 Å². The maximum atomic E-state index is 11.4. The SMILES string of the molecule is O=C1NC(=O)N(C2CCC(Cl)CC2)C1=O. The van der Waals surface area contributed by atoms with Gasteiger partial charge in [0.25, 0.3) is 0 Å². The van der Waals surface area contributed by atoms with Crippen LogP contribution in [0.4, 0.5) is 4.79 Å². The molecule has 2 fully saturated rings. The molecule has 1 N–H and O–H groups in total. The third kappa shape index (κ3) is 1.84. The molecule has 82 valence electrons. The van der Waals surface area contributed by atoms with Crippen molar-refractivity contribution >= 4 is 29.4 Å². The van der Waals surface area contributed by atoms with Gasteiger partial charge in [0.05, 0.1) is 0 Å². The van der Waals surface area contributed by atoms with E-state index in [4.69, 9.17) is 11.6 Å². The quantitative estimate of drug-likeness (QED) is 0.408. The maximum Gasteiger partial charge on any atom is 0.331 e. The number of carbonyl (C=O) groups excluding carboxylic acids is 3. The van der Waals surface area contributed by atoms with Crippen LogP contribution in [0.25, 0.3) is 0 Å². The van der Waals surface area contributed by atoms with Gasteiger partial charge >= 0.3 is 17.8 Å². The second-order valence-corrected chi connectivity index (χ2v) is 4.46. The highest BCUT2D eigenvalue weighted by molar-refractivity contribution is 6.44. The van der Waals surface area contributed by atoms with Gasteiger partial charge in [0.1, 0.15) is 0 Å². The van der Waals surface area contributed by atoms with Gasteiger partial charge in [-0.3, -0.25) is 19.8 Å². The van der Waals surface area contributed by atoms with Crippen LogP contribution in [-0.2, 0) is 9.59 Å². The molecule has 0 radical (unpaired) electrons. The molecule has 1 aliphatic carbocycles. The Morgan fingerprint density at radius 2 is 1.73 bits per heavy atom. The second-order valence-electron chi connectivity index (χ2n) is 3.84. The molecule has 0 aromatic carbocycles. The van der Waals surface area contributed by atoms with Crippen molar-refractivity contribution in [1.82, 2.24) is 10.2 Å². The van der Waals surface area contributed by atoms with Crippen molar-refractivity contribution in [2.75, 3.05) is 0 Å². The average Bonchev–Trinajstić information content (AvgIpc) is 2.44. The normalized spacial score (nSPS) is 32.1. The van der Waals surface area contributed by atoms with E-state index in [1.807, 2.05) is 5.32 Å². The van der Waals surface area contributed by atoms with Crippen LogP contribution >= 0.6 is 11.6 Å². The van der Waals surface area contributed by atoms with Gasteiger partial charge in [0, 0.05) is 11.4 Å². The third-order valence-corrected chi connectivity index (χ3v) is 3.28. The first kappa shape index (κ1) is 10.4. The molecular formula is C9H11ClN2O3. The number of alkyl halides is 1. The van der Waals surface area contributed by atoms with Crippen LogP contribution in [0.15, 0.2) is 0 Å². The fourth-order valence-corrected chi connectivity index (χ4v) is 2.29. The van der Waals surface area contributed by atoms with Crippen molar-refractivity contribution in [2.24, 2.45) is 0 Å². The smallest absolute Gasteiger partial charge is 0.269 e. The Bertz CT molecular complexity index is 323. The lowest BCUT2D eigenvalue weighted by Gasteiger charge is -2.29. The third-order valence-electron chi connectivity index (χ3n) is 2.84. The number of carbonyl (C=O) groups is 3. The monoisotopic (exact) mass is 230 g/mol. The van der Waals surface area contributed by atoms with Crippen molar-refractivity contribution in [3.63, 3.8) is 0 Å². The molecule has 0 unspecified atom stereocenters. The summed E-state index contributed by atoms with van der Waals surface area (Å²) in [5.41, 5.74) is 0. The molecule has 15 heavy (non-hydrogen) atoms. The summed E-state index contributed by atoms with van der Waals surface area (Å²) in [6.07, 6.45) is 2.91. The van der Waals surface area contributed by atoms with E-state index in [0.717, 1.165) is 17.7 Å². The molecule has 0 aromatic heterocycles. The minimum Gasteiger partial charge on any atom is -0.269 e. The lowest BCUT2D eigenvalue weighted by Crippen LogP contribution is -2.42. The van der Waals surface area contributed by atoms with Gasteiger partial charge in [0.2, 0.25) is 0 Å². The van der Waals surface area contributed by atoms with Crippen LogP contribution in [-0.4, -0.2) is 34.2 Å². The Balaban J connectivity index is 2.07. The molecule has 1 aliphatic heterocycles. The number of halogens is 1. The summed E-state index contributed by atoms with van der Waals surface area (Å²) < 4.78 is 0. The van der Waals surface area contributed by atoms with Crippen LogP contribution in [0, 0.1) is 0 Å². The zero-order chi connectivity index (χ0) is 11.0. The van der Waals surface area contributed by atoms with Gasteiger partial charge in [-0.1, -0.05) is 0 Å². The van der Waals surface area contributed by atoms with Crippen LogP contribution in [0.2, 0.25) is 0 Å². The van der Waals surface area contributed by atoms with Gasteiger partial charge in [-0.25, -0.2) is 4.79 Å². The highest BCUT2D eigenvalue weighted by Gasteiger charge is 2.42. The summed E-state index contributed by atoms with van der Waals surface area (Å²) in [7, 11) is 0. The summed E-state index contributed by atoms with van der Waals surface area (Å²) in [6, 6.07) is -0.762. The topological polar surface area (TPSA) is 66.5 Å². The van der Waals surface area contributed by atoms with Crippen molar-refractivity contribution in [3.05, 3.63) is 0 Å². The lowest BCUT2D eigenvalue weighted by atomic mass is 9.94. The first-order chi connectivity index (χ1) is 7.09. The van der Waals surface area contributed by atoms with Crippen molar-refractivity contribution in [1.29, 1.82) is 0 Å². The van der Waals surface area contributed by atoms with Crippen molar-refractivity contribution in [3.8, 4) is 0 Å². The number of urea groups is 1. The Labute approximate surface area is 91.7 Å². The molecule has 5 nitrogen and oxygen atoms in total. The van der Waals surface area contributed by atoms with E-state index in [-0.39, 0.29) is 11.4 Å². The number of rotatable bonds is 1. The van der Waals surface area contributed by atoms with Crippen LogP contribution in [0.1, 0.15) is 25.7 Å².